The van der Waals surface area contributed by atoms with Crippen molar-refractivity contribution in [2.75, 3.05) is 0 Å². The molecule has 0 bridgehead atoms. The maximum Gasteiger partial charge on any atom is 0.221 e. The Kier molecular flexibility index (Phi) is 1.80. The molecule has 1 saturated carbocycles. The van der Waals surface area contributed by atoms with Crippen molar-refractivity contribution in [3.63, 3.8) is 0 Å². The van der Waals surface area contributed by atoms with Crippen molar-refractivity contribution in [1.82, 2.24) is 0 Å². The molecule has 9 heavy (non-hydrogen) atoms. The predicted molar refractivity (Wildman–Crippen MR) is 37.4 cm³/mol. The average Bonchev–Trinajstić information content (AvgIpc) is 2.45. The highest BCUT2D eigenvalue weighted by molar-refractivity contribution is 6.63. The van der Waals surface area contributed by atoms with Crippen LogP contribution in [0.1, 0.15) is 32.6 Å². The Balaban J connectivity index is 2.12. The van der Waals surface area contributed by atoms with Gasteiger partial charge in [-0.05, 0) is 36.3 Å². The van der Waals surface area contributed by atoms with Gasteiger partial charge in [0.15, 0.2) is 0 Å². The Labute approximate surface area is 60.4 Å². The summed E-state index contributed by atoms with van der Waals surface area (Å²) in [5.74, 6) is 0. The lowest BCUT2D eigenvalue weighted by molar-refractivity contribution is -0.112. The van der Waals surface area contributed by atoms with E-state index >= 15 is 0 Å². The number of hydrogen-bond donors (Lipinski definition) is 0. The lowest BCUT2D eigenvalue weighted by Gasteiger charge is -2.02. The summed E-state index contributed by atoms with van der Waals surface area (Å²) in [5.41, 5.74) is 0.477. The molecule has 0 unspecified atom stereocenters. The quantitative estimate of drug-likeness (QED) is 0.559. The zero-order chi connectivity index (χ0) is 6.91. The summed E-state index contributed by atoms with van der Waals surface area (Å²) in [6.45, 7) is 2.20. The molecule has 1 fully saturated rings. The van der Waals surface area contributed by atoms with E-state index in [4.69, 9.17) is 11.6 Å². The molecule has 1 rings (SSSR count). The van der Waals surface area contributed by atoms with Gasteiger partial charge in [-0.3, -0.25) is 4.79 Å². The fourth-order valence-corrected chi connectivity index (χ4v) is 0.958. The normalized spacial score (nSPS) is 21.6. The highest BCUT2D eigenvalue weighted by atomic mass is 35.5. The van der Waals surface area contributed by atoms with Crippen molar-refractivity contribution < 1.29 is 4.79 Å². The third kappa shape index (κ3) is 2.35. The van der Waals surface area contributed by atoms with Gasteiger partial charge in [-0.15, -0.1) is 0 Å². The standard InChI is InChI=1S/C7H11ClO/c1-7(4-5-7)3-2-6(8)9/h2-5H2,1H3. The van der Waals surface area contributed by atoms with Crippen LogP contribution >= 0.6 is 11.6 Å². The molecule has 0 aliphatic heterocycles. The van der Waals surface area contributed by atoms with Crippen LogP contribution in [-0.4, -0.2) is 5.24 Å². The second-order valence-corrected chi connectivity index (χ2v) is 3.59. The average molecular weight is 147 g/mol. The van der Waals surface area contributed by atoms with Crippen LogP contribution in [0.25, 0.3) is 0 Å². The maximum atomic E-state index is 10.3. The van der Waals surface area contributed by atoms with Crippen LogP contribution in [0, 0.1) is 5.41 Å². The Morgan fingerprint density at radius 3 is 2.56 bits per heavy atom. The van der Waals surface area contributed by atoms with Gasteiger partial charge in [-0.25, -0.2) is 0 Å². The molecular weight excluding hydrogens is 136 g/mol. The first-order valence-electron chi connectivity index (χ1n) is 3.31. The van der Waals surface area contributed by atoms with E-state index in [1.54, 1.807) is 0 Å². The van der Waals surface area contributed by atoms with Crippen LogP contribution in [-0.2, 0) is 4.79 Å². The van der Waals surface area contributed by atoms with E-state index in [2.05, 4.69) is 6.92 Å². The second kappa shape index (κ2) is 2.30. The van der Waals surface area contributed by atoms with Crippen molar-refractivity contribution in [3.05, 3.63) is 0 Å². The van der Waals surface area contributed by atoms with Crippen molar-refractivity contribution in [1.29, 1.82) is 0 Å². The van der Waals surface area contributed by atoms with Gasteiger partial charge in [0.1, 0.15) is 0 Å². The van der Waals surface area contributed by atoms with E-state index in [9.17, 15) is 4.79 Å². The van der Waals surface area contributed by atoms with Crippen LogP contribution in [0.5, 0.6) is 0 Å². The first-order chi connectivity index (χ1) is 4.12. The van der Waals surface area contributed by atoms with E-state index in [1.807, 2.05) is 0 Å². The number of rotatable bonds is 3. The summed E-state index contributed by atoms with van der Waals surface area (Å²) < 4.78 is 0. The van der Waals surface area contributed by atoms with Gasteiger partial charge in [0, 0.05) is 6.42 Å². The molecule has 0 radical (unpaired) electrons. The van der Waals surface area contributed by atoms with Crippen LogP contribution in [0.2, 0.25) is 0 Å². The molecule has 0 amide bonds. The van der Waals surface area contributed by atoms with Gasteiger partial charge in [0.25, 0.3) is 0 Å². The maximum absolute atomic E-state index is 10.3. The van der Waals surface area contributed by atoms with E-state index in [0.29, 0.717) is 11.8 Å². The summed E-state index contributed by atoms with van der Waals surface area (Å²) >= 11 is 5.17. The number of hydrogen-bond acceptors (Lipinski definition) is 1. The monoisotopic (exact) mass is 146 g/mol. The molecule has 0 N–H and O–H groups in total. The smallest absolute Gasteiger partial charge is 0.221 e. The first-order valence-corrected chi connectivity index (χ1v) is 3.69. The second-order valence-electron chi connectivity index (χ2n) is 3.17. The SMILES string of the molecule is CC1(CCC(=O)Cl)CC1. The van der Waals surface area contributed by atoms with E-state index in [0.717, 1.165) is 6.42 Å². The van der Waals surface area contributed by atoms with Gasteiger partial charge >= 0.3 is 0 Å². The fraction of sp³-hybridized carbons (Fsp3) is 0.857. The van der Waals surface area contributed by atoms with Gasteiger partial charge in [-0.1, -0.05) is 6.92 Å². The van der Waals surface area contributed by atoms with E-state index in [1.165, 1.54) is 12.8 Å². The molecule has 1 aliphatic rings. The first kappa shape index (κ1) is 7.07. The van der Waals surface area contributed by atoms with Gasteiger partial charge in [0.2, 0.25) is 5.24 Å². The molecule has 0 heterocycles. The number of carbonyl (C=O) groups is 1. The van der Waals surface area contributed by atoms with Gasteiger partial charge < -0.3 is 0 Å². The summed E-state index contributed by atoms with van der Waals surface area (Å²) in [5, 5.41) is -0.192. The Bertz CT molecular complexity index is 127. The number of carbonyl (C=O) groups excluding carboxylic acids is 1. The topological polar surface area (TPSA) is 17.1 Å². The Morgan fingerprint density at radius 1 is 1.67 bits per heavy atom. The summed E-state index contributed by atoms with van der Waals surface area (Å²) in [4.78, 5) is 10.3. The number of halogens is 1. The third-order valence-electron chi connectivity index (χ3n) is 2.03. The Hall–Kier alpha value is -0.0400. The summed E-state index contributed by atoms with van der Waals surface area (Å²) in [6.07, 6.45) is 4.09. The van der Waals surface area contributed by atoms with Crippen LogP contribution in [0.3, 0.4) is 0 Å². The van der Waals surface area contributed by atoms with E-state index in [-0.39, 0.29) is 5.24 Å². The van der Waals surface area contributed by atoms with Crippen LogP contribution < -0.4 is 0 Å². The molecule has 1 nitrogen and oxygen atoms in total. The molecule has 0 aromatic heterocycles. The molecule has 2 heteroatoms. The van der Waals surface area contributed by atoms with Crippen LogP contribution in [0.15, 0.2) is 0 Å². The minimum absolute atomic E-state index is 0.192. The molecule has 0 saturated heterocycles. The van der Waals surface area contributed by atoms with Gasteiger partial charge in [-0.2, -0.15) is 0 Å². The van der Waals surface area contributed by atoms with Crippen LogP contribution in [0.4, 0.5) is 0 Å². The molecule has 0 aromatic carbocycles. The van der Waals surface area contributed by atoms with Gasteiger partial charge in [0.05, 0.1) is 0 Å². The van der Waals surface area contributed by atoms with Crippen molar-refractivity contribution in [2.24, 2.45) is 5.41 Å². The molecule has 0 aromatic rings. The predicted octanol–water partition coefficient (Wildman–Crippen LogP) is 2.33. The highest BCUT2D eigenvalue weighted by Crippen LogP contribution is 2.48. The third-order valence-corrected chi connectivity index (χ3v) is 2.22. The van der Waals surface area contributed by atoms with Crippen molar-refractivity contribution >= 4 is 16.8 Å². The zero-order valence-corrected chi connectivity index (χ0v) is 6.37. The lowest BCUT2D eigenvalue weighted by Crippen LogP contribution is -1.95. The largest absolute Gasteiger partial charge is 0.281 e. The minimum Gasteiger partial charge on any atom is -0.281 e. The highest BCUT2D eigenvalue weighted by Gasteiger charge is 2.36. The minimum atomic E-state index is -0.192. The molecule has 1 aliphatic carbocycles. The summed E-state index contributed by atoms with van der Waals surface area (Å²) in [6, 6.07) is 0. The molecule has 0 spiro atoms. The fourth-order valence-electron chi connectivity index (χ4n) is 0.863. The Morgan fingerprint density at radius 2 is 2.22 bits per heavy atom. The van der Waals surface area contributed by atoms with Crippen molar-refractivity contribution in [2.45, 2.75) is 32.6 Å². The molecule has 0 atom stereocenters. The molecule has 52 valence electrons. The molecular formula is C7H11ClO. The summed E-state index contributed by atoms with van der Waals surface area (Å²) in [7, 11) is 0. The lowest BCUT2D eigenvalue weighted by atomic mass is 10.0. The zero-order valence-electron chi connectivity index (χ0n) is 5.61. The van der Waals surface area contributed by atoms with E-state index < -0.39 is 0 Å². The van der Waals surface area contributed by atoms with Crippen molar-refractivity contribution in [3.8, 4) is 0 Å².